The van der Waals surface area contributed by atoms with Gasteiger partial charge in [-0.1, -0.05) is 26.1 Å². The van der Waals surface area contributed by atoms with E-state index < -0.39 is 5.41 Å². The summed E-state index contributed by atoms with van der Waals surface area (Å²) in [5.74, 6) is 0.0120. The lowest BCUT2D eigenvalue weighted by molar-refractivity contribution is -0.132. The smallest absolute Gasteiger partial charge is 0.233 e. The third-order valence-corrected chi connectivity index (χ3v) is 5.32. The van der Waals surface area contributed by atoms with Gasteiger partial charge in [-0.3, -0.25) is 4.79 Å². The lowest BCUT2D eigenvalue weighted by Gasteiger charge is -2.39. The van der Waals surface area contributed by atoms with E-state index in [0.717, 1.165) is 25.7 Å². The molecule has 114 valence electrons. The molecule has 5 heteroatoms. The van der Waals surface area contributed by atoms with Crippen LogP contribution in [0.3, 0.4) is 0 Å². The molecule has 4 nitrogen and oxygen atoms in total. The van der Waals surface area contributed by atoms with Crippen LogP contribution >= 0.6 is 12.2 Å². The number of thiocarbonyl (C=S) groups is 1. The molecule has 0 unspecified atom stereocenters. The van der Waals surface area contributed by atoms with Gasteiger partial charge >= 0.3 is 0 Å². The monoisotopic (exact) mass is 298 g/mol. The van der Waals surface area contributed by atoms with E-state index in [1.807, 2.05) is 0 Å². The van der Waals surface area contributed by atoms with Crippen LogP contribution in [0, 0.1) is 10.8 Å². The zero-order valence-electron chi connectivity index (χ0n) is 12.5. The predicted molar refractivity (Wildman–Crippen MR) is 83.5 cm³/mol. The van der Waals surface area contributed by atoms with Crippen LogP contribution in [0.4, 0.5) is 0 Å². The summed E-state index contributed by atoms with van der Waals surface area (Å²) in [7, 11) is 0. The van der Waals surface area contributed by atoms with Crippen molar-refractivity contribution in [2.24, 2.45) is 16.6 Å². The first-order valence-electron chi connectivity index (χ1n) is 7.54. The average Bonchev–Trinajstić information content (AvgIpc) is 2.41. The summed E-state index contributed by atoms with van der Waals surface area (Å²) in [5, 5.41) is 3.19. The fourth-order valence-electron chi connectivity index (χ4n) is 3.17. The molecular weight excluding hydrogens is 272 g/mol. The number of amides is 1. The van der Waals surface area contributed by atoms with Gasteiger partial charge in [0.25, 0.3) is 0 Å². The lowest BCUT2D eigenvalue weighted by Crippen LogP contribution is -2.54. The highest BCUT2D eigenvalue weighted by Gasteiger charge is 2.44. The van der Waals surface area contributed by atoms with Crippen molar-refractivity contribution in [3.05, 3.63) is 0 Å². The number of carbonyl (C=O) groups is 1. The number of hydrogen-bond donors (Lipinski definition) is 2. The van der Waals surface area contributed by atoms with Crippen molar-refractivity contribution in [1.82, 2.24) is 5.32 Å². The average molecular weight is 298 g/mol. The molecule has 0 atom stereocenters. The topological polar surface area (TPSA) is 64.4 Å². The SMILES string of the molecule is CC1(C)CCC(NC(=O)C2(C(N)=S)CCOCC2)CC1. The first-order chi connectivity index (χ1) is 9.36. The Morgan fingerprint density at radius 3 is 2.25 bits per heavy atom. The number of ether oxygens (including phenoxy) is 1. The van der Waals surface area contributed by atoms with Crippen molar-refractivity contribution in [2.45, 2.75) is 58.4 Å². The molecule has 1 amide bonds. The summed E-state index contributed by atoms with van der Waals surface area (Å²) in [5.41, 5.74) is 5.58. The maximum Gasteiger partial charge on any atom is 0.233 e. The normalized spacial score (nSPS) is 25.9. The molecule has 2 rings (SSSR count). The molecule has 0 spiro atoms. The Bertz CT molecular complexity index is 379. The van der Waals surface area contributed by atoms with Gasteiger partial charge in [0.1, 0.15) is 5.41 Å². The molecule has 1 heterocycles. The summed E-state index contributed by atoms with van der Waals surface area (Å²) in [6.45, 7) is 5.70. The van der Waals surface area contributed by atoms with E-state index in [4.69, 9.17) is 22.7 Å². The van der Waals surface area contributed by atoms with Crippen molar-refractivity contribution < 1.29 is 9.53 Å². The Morgan fingerprint density at radius 2 is 1.75 bits per heavy atom. The molecule has 0 aromatic heterocycles. The molecule has 1 saturated heterocycles. The van der Waals surface area contributed by atoms with Crippen molar-refractivity contribution in [1.29, 1.82) is 0 Å². The third kappa shape index (κ3) is 3.31. The Hall–Kier alpha value is -0.680. The van der Waals surface area contributed by atoms with Crippen LogP contribution in [0.2, 0.25) is 0 Å². The summed E-state index contributed by atoms with van der Waals surface area (Å²) in [4.78, 5) is 13.0. The Morgan fingerprint density at radius 1 is 1.20 bits per heavy atom. The standard InChI is InChI=1S/C15H26N2O2S/c1-14(2)5-3-11(4-6-14)17-13(18)15(12(16)20)7-9-19-10-8-15/h11H,3-10H2,1-2H3,(H2,16,20)(H,17,18). The molecule has 1 aliphatic carbocycles. The van der Waals surface area contributed by atoms with Crippen LogP contribution in [0.1, 0.15) is 52.4 Å². The quantitative estimate of drug-likeness (QED) is 0.784. The highest BCUT2D eigenvalue weighted by atomic mass is 32.1. The largest absolute Gasteiger partial charge is 0.392 e. The number of rotatable bonds is 3. The second kappa shape index (κ2) is 5.98. The molecule has 20 heavy (non-hydrogen) atoms. The van der Waals surface area contributed by atoms with Gasteiger partial charge in [-0.25, -0.2) is 0 Å². The van der Waals surface area contributed by atoms with Gasteiger partial charge in [0.15, 0.2) is 0 Å². The van der Waals surface area contributed by atoms with E-state index >= 15 is 0 Å². The second-order valence-electron chi connectivity index (χ2n) is 6.97. The van der Waals surface area contributed by atoms with Gasteiger partial charge in [0.05, 0.1) is 4.99 Å². The summed E-state index contributed by atoms with van der Waals surface area (Å²) in [6.07, 6.45) is 5.60. The molecule has 0 radical (unpaired) electrons. The van der Waals surface area contributed by atoms with Crippen molar-refractivity contribution in [3.8, 4) is 0 Å². The number of hydrogen-bond acceptors (Lipinski definition) is 3. The molecule has 0 aromatic rings. The van der Waals surface area contributed by atoms with Crippen LogP contribution in [-0.2, 0) is 9.53 Å². The van der Waals surface area contributed by atoms with Crippen LogP contribution in [0.5, 0.6) is 0 Å². The maximum absolute atomic E-state index is 12.7. The van der Waals surface area contributed by atoms with Crippen LogP contribution in [0.15, 0.2) is 0 Å². The molecule has 3 N–H and O–H groups in total. The third-order valence-electron chi connectivity index (χ3n) is 4.93. The molecule has 1 saturated carbocycles. The maximum atomic E-state index is 12.7. The Labute approximate surface area is 126 Å². The van der Waals surface area contributed by atoms with Crippen LogP contribution < -0.4 is 11.1 Å². The van der Waals surface area contributed by atoms with E-state index in [1.54, 1.807) is 0 Å². The number of carbonyl (C=O) groups excluding carboxylic acids is 1. The predicted octanol–water partition coefficient (Wildman–Crippen LogP) is 2.15. The minimum absolute atomic E-state index is 0.0120. The summed E-state index contributed by atoms with van der Waals surface area (Å²) in [6, 6.07) is 0.268. The van der Waals surface area contributed by atoms with Gasteiger partial charge in [-0.15, -0.1) is 0 Å². The first-order valence-corrected chi connectivity index (χ1v) is 7.95. The van der Waals surface area contributed by atoms with E-state index in [-0.39, 0.29) is 11.9 Å². The minimum Gasteiger partial charge on any atom is -0.392 e. The van der Waals surface area contributed by atoms with Crippen LogP contribution in [0.25, 0.3) is 0 Å². The van der Waals surface area contributed by atoms with Crippen molar-refractivity contribution in [2.75, 3.05) is 13.2 Å². The van der Waals surface area contributed by atoms with Gasteiger partial charge < -0.3 is 15.8 Å². The van der Waals surface area contributed by atoms with Gasteiger partial charge in [-0.05, 0) is 43.9 Å². The number of nitrogens with two attached hydrogens (primary N) is 1. The Kier molecular flexibility index (Phi) is 4.69. The Balaban J connectivity index is 1.98. The molecule has 2 fully saturated rings. The van der Waals surface area contributed by atoms with Gasteiger partial charge in [0.2, 0.25) is 5.91 Å². The van der Waals surface area contributed by atoms with E-state index in [2.05, 4.69) is 19.2 Å². The highest BCUT2D eigenvalue weighted by molar-refractivity contribution is 7.80. The first kappa shape index (κ1) is 15.7. The summed E-state index contributed by atoms with van der Waals surface area (Å²) >= 11 is 5.17. The van der Waals surface area contributed by atoms with Gasteiger partial charge in [-0.2, -0.15) is 0 Å². The summed E-state index contributed by atoms with van der Waals surface area (Å²) < 4.78 is 5.35. The zero-order valence-corrected chi connectivity index (χ0v) is 13.4. The van der Waals surface area contributed by atoms with Gasteiger partial charge in [0, 0.05) is 19.3 Å². The second-order valence-corrected chi connectivity index (χ2v) is 7.41. The lowest BCUT2D eigenvalue weighted by atomic mass is 9.74. The van der Waals surface area contributed by atoms with Crippen LogP contribution in [-0.4, -0.2) is 30.2 Å². The van der Waals surface area contributed by atoms with E-state index in [0.29, 0.717) is 36.5 Å². The molecule has 2 aliphatic rings. The fourth-order valence-corrected chi connectivity index (χ4v) is 3.47. The van der Waals surface area contributed by atoms with Crippen molar-refractivity contribution in [3.63, 3.8) is 0 Å². The number of nitrogens with one attached hydrogen (secondary N) is 1. The molecule has 0 bridgehead atoms. The molecule has 0 aromatic carbocycles. The zero-order chi connectivity index (χ0) is 14.8. The minimum atomic E-state index is -0.694. The highest BCUT2D eigenvalue weighted by Crippen LogP contribution is 2.36. The fraction of sp³-hybridized carbons (Fsp3) is 0.867. The molecule has 1 aliphatic heterocycles. The molecular formula is C15H26N2O2S. The van der Waals surface area contributed by atoms with E-state index in [1.165, 1.54) is 0 Å². The van der Waals surface area contributed by atoms with E-state index in [9.17, 15) is 4.79 Å². The van der Waals surface area contributed by atoms with Crippen molar-refractivity contribution >= 4 is 23.1 Å².